The molecule has 2 heteroatoms. The van der Waals surface area contributed by atoms with Gasteiger partial charge in [-0.05, 0) is 54.0 Å². The van der Waals surface area contributed by atoms with Gasteiger partial charge in [-0.1, -0.05) is 32.9 Å². The van der Waals surface area contributed by atoms with Gasteiger partial charge in [0.1, 0.15) is 5.76 Å². The maximum Gasteiger partial charge on any atom is 0.109 e. The summed E-state index contributed by atoms with van der Waals surface area (Å²) >= 11 is 0. The van der Waals surface area contributed by atoms with Crippen molar-refractivity contribution in [2.45, 2.75) is 58.9 Å². The monoisotopic (exact) mass is 273 g/mol. The third kappa shape index (κ3) is 3.24. The molecule has 2 N–H and O–H groups in total. The van der Waals surface area contributed by atoms with Gasteiger partial charge in [0.05, 0.1) is 12.6 Å². The van der Waals surface area contributed by atoms with E-state index in [0.29, 0.717) is 0 Å². The molecule has 2 nitrogen and oxygen atoms in total. The number of ether oxygens (including phenoxy) is 1. The summed E-state index contributed by atoms with van der Waals surface area (Å²) in [4.78, 5) is 0. The molecule has 0 bridgehead atoms. The highest BCUT2D eigenvalue weighted by molar-refractivity contribution is 5.41. The zero-order valence-electron chi connectivity index (χ0n) is 13.4. The number of benzene rings is 1. The van der Waals surface area contributed by atoms with Gasteiger partial charge in [0.25, 0.3) is 0 Å². The molecule has 1 aliphatic rings. The molecule has 1 unspecified atom stereocenters. The van der Waals surface area contributed by atoms with Gasteiger partial charge in [0, 0.05) is 6.42 Å². The molecule has 0 spiro atoms. The number of aryl methyl sites for hydroxylation is 2. The van der Waals surface area contributed by atoms with E-state index in [0.717, 1.165) is 25.2 Å². The van der Waals surface area contributed by atoms with E-state index >= 15 is 0 Å². The predicted molar refractivity (Wildman–Crippen MR) is 84.9 cm³/mol. The van der Waals surface area contributed by atoms with E-state index in [4.69, 9.17) is 10.5 Å². The Morgan fingerprint density at radius 1 is 1.20 bits per heavy atom. The molecular weight excluding hydrogens is 246 g/mol. The van der Waals surface area contributed by atoms with E-state index in [-0.39, 0.29) is 11.5 Å². The van der Waals surface area contributed by atoms with Crippen LogP contribution in [0.2, 0.25) is 0 Å². The molecule has 2 rings (SSSR count). The van der Waals surface area contributed by atoms with Crippen molar-refractivity contribution in [1.82, 2.24) is 0 Å². The van der Waals surface area contributed by atoms with Gasteiger partial charge in [-0.3, -0.25) is 0 Å². The molecule has 1 atom stereocenters. The fraction of sp³-hybridized carbons (Fsp3) is 0.556. The SMILES string of the molecule is Cc1cc(C(C)(C)C)cc(C)c1CC(N)C1=CCCO1. The van der Waals surface area contributed by atoms with Gasteiger partial charge in [-0.2, -0.15) is 0 Å². The summed E-state index contributed by atoms with van der Waals surface area (Å²) in [7, 11) is 0. The number of nitrogens with two attached hydrogens (primary N) is 1. The molecule has 0 saturated heterocycles. The first-order valence-electron chi connectivity index (χ1n) is 7.48. The van der Waals surface area contributed by atoms with Gasteiger partial charge in [0.2, 0.25) is 0 Å². The second kappa shape index (κ2) is 5.61. The van der Waals surface area contributed by atoms with Crippen LogP contribution in [0.5, 0.6) is 0 Å². The largest absolute Gasteiger partial charge is 0.496 e. The first-order chi connectivity index (χ1) is 9.29. The molecule has 0 amide bonds. The Bertz CT molecular complexity index is 500. The third-order valence-corrected chi connectivity index (χ3v) is 4.08. The van der Waals surface area contributed by atoms with Crippen LogP contribution in [0.15, 0.2) is 24.0 Å². The van der Waals surface area contributed by atoms with Crippen molar-refractivity contribution < 1.29 is 4.74 Å². The number of rotatable bonds is 3. The Morgan fingerprint density at radius 3 is 2.25 bits per heavy atom. The Kier molecular flexibility index (Phi) is 4.24. The lowest BCUT2D eigenvalue weighted by Gasteiger charge is -2.23. The molecule has 0 saturated carbocycles. The Hall–Kier alpha value is -1.28. The van der Waals surface area contributed by atoms with Crippen LogP contribution in [0.25, 0.3) is 0 Å². The highest BCUT2D eigenvalue weighted by Gasteiger charge is 2.20. The minimum atomic E-state index is -0.0182. The average molecular weight is 273 g/mol. The lowest BCUT2D eigenvalue weighted by Crippen LogP contribution is -2.26. The predicted octanol–water partition coefficient (Wildman–Crippen LogP) is 3.77. The first-order valence-corrected chi connectivity index (χ1v) is 7.48. The standard InChI is InChI=1S/C18H27NO/c1-12-9-14(18(3,4)5)10-13(2)15(12)11-16(19)17-7-6-8-20-17/h7,9-10,16H,6,8,11,19H2,1-5H3. The Balaban J connectivity index is 2.24. The molecular formula is C18H27NO. The minimum absolute atomic E-state index is 0.0182. The highest BCUT2D eigenvalue weighted by Crippen LogP contribution is 2.28. The number of hydrogen-bond donors (Lipinski definition) is 1. The quantitative estimate of drug-likeness (QED) is 0.909. The third-order valence-electron chi connectivity index (χ3n) is 4.08. The van der Waals surface area contributed by atoms with E-state index in [1.54, 1.807) is 0 Å². The van der Waals surface area contributed by atoms with Crippen LogP contribution in [0, 0.1) is 13.8 Å². The van der Waals surface area contributed by atoms with E-state index < -0.39 is 0 Å². The van der Waals surface area contributed by atoms with Crippen molar-refractivity contribution in [2.75, 3.05) is 6.61 Å². The normalized spacial score (nSPS) is 16.8. The van der Waals surface area contributed by atoms with Gasteiger partial charge < -0.3 is 10.5 Å². The molecule has 0 aliphatic carbocycles. The van der Waals surface area contributed by atoms with Gasteiger partial charge in [-0.15, -0.1) is 0 Å². The average Bonchev–Trinajstić information content (AvgIpc) is 2.85. The molecule has 1 aromatic rings. The molecule has 20 heavy (non-hydrogen) atoms. The zero-order chi connectivity index (χ0) is 14.9. The second-order valence-corrected chi connectivity index (χ2v) is 6.89. The van der Waals surface area contributed by atoms with Crippen molar-refractivity contribution in [3.05, 3.63) is 46.2 Å². The van der Waals surface area contributed by atoms with Crippen molar-refractivity contribution in [3.8, 4) is 0 Å². The summed E-state index contributed by atoms with van der Waals surface area (Å²) < 4.78 is 5.58. The van der Waals surface area contributed by atoms with Crippen LogP contribution < -0.4 is 5.73 Å². The molecule has 0 aromatic heterocycles. The van der Waals surface area contributed by atoms with Gasteiger partial charge in [-0.25, -0.2) is 0 Å². The van der Waals surface area contributed by atoms with Crippen molar-refractivity contribution >= 4 is 0 Å². The van der Waals surface area contributed by atoms with Gasteiger partial charge >= 0.3 is 0 Å². The van der Waals surface area contributed by atoms with Crippen LogP contribution in [-0.2, 0) is 16.6 Å². The van der Waals surface area contributed by atoms with Crippen LogP contribution in [0.4, 0.5) is 0 Å². The Labute approximate surface area is 123 Å². The summed E-state index contributed by atoms with van der Waals surface area (Å²) in [6.45, 7) is 11.9. The number of hydrogen-bond acceptors (Lipinski definition) is 2. The van der Waals surface area contributed by atoms with E-state index in [1.807, 2.05) is 0 Å². The lowest BCUT2D eigenvalue weighted by atomic mass is 9.83. The van der Waals surface area contributed by atoms with Crippen LogP contribution >= 0.6 is 0 Å². The van der Waals surface area contributed by atoms with E-state index in [1.165, 1.54) is 22.3 Å². The van der Waals surface area contributed by atoms with Crippen molar-refractivity contribution in [2.24, 2.45) is 5.73 Å². The Morgan fingerprint density at radius 2 is 1.80 bits per heavy atom. The topological polar surface area (TPSA) is 35.2 Å². The van der Waals surface area contributed by atoms with Crippen LogP contribution in [0.1, 0.15) is 49.4 Å². The summed E-state index contributed by atoms with van der Waals surface area (Å²) in [5, 5.41) is 0. The maximum atomic E-state index is 6.28. The summed E-state index contributed by atoms with van der Waals surface area (Å²) in [5.74, 6) is 0.962. The maximum absolute atomic E-state index is 6.28. The molecule has 1 aromatic carbocycles. The summed E-state index contributed by atoms with van der Waals surface area (Å²) in [6, 6.07) is 4.59. The van der Waals surface area contributed by atoms with Gasteiger partial charge in [0.15, 0.2) is 0 Å². The zero-order valence-corrected chi connectivity index (χ0v) is 13.4. The highest BCUT2D eigenvalue weighted by atomic mass is 16.5. The van der Waals surface area contributed by atoms with Crippen molar-refractivity contribution in [3.63, 3.8) is 0 Å². The summed E-state index contributed by atoms with van der Waals surface area (Å²) in [6.07, 6.45) is 3.97. The molecule has 1 heterocycles. The second-order valence-electron chi connectivity index (χ2n) is 6.89. The fourth-order valence-electron chi connectivity index (χ4n) is 2.76. The lowest BCUT2D eigenvalue weighted by molar-refractivity contribution is 0.224. The molecule has 110 valence electrons. The van der Waals surface area contributed by atoms with Crippen molar-refractivity contribution in [1.29, 1.82) is 0 Å². The van der Waals surface area contributed by atoms with Crippen LogP contribution in [0.3, 0.4) is 0 Å². The van der Waals surface area contributed by atoms with Crippen LogP contribution in [-0.4, -0.2) is 12.6 Å². The fourth-order valence-corrected chi connectivity index (χ4v) is 2.76. The smallest absolute Gasteiger partial charge is 0.109 e. The van der Waals surface area contributed by atoms with E-state index in [2.05, 4.69) is 52.8 Å². The first kappa shape index (κ1) is 15.1. The minimum Gasteiger partial charge on any atom is -0.496 e. The molecule has 0 radical (unpaired) electrons. The molecule has 1 aliphatic heterocycles. The molecule has 0 fully saturated rings. The summed E-state index contributed by atoms with van der Waals surface area (Å²) in [5.41, 5.74) is 11.9. The van der Waals surface area contributed by atoms with E-state index in [9.17, 15) is 0 Å².